The van der Waals surface area contributed by atoms with Gasteiger partial charge in [-0.3, -0.25) is 9.59 Å². The molecule has 0 radical (unpaired) electrons. The Morgan fingerprint density at radius 1 is 1.03 bits per heavy atom. The first-order valence-corrected chi connectivity index (χ1v) is 12.5. The number of aromatic nitrogens is 3. The van der Waals surface area contributed by atoms with Crippen molar-refractivity contribution in [2.45, 2.75) is 39.4 Å². The van der Waals surface area contributed by atoms with Crippen molar-refractivity contribution in [3.8, 4) is 17.1 Å². The summed E-state index contributed by atoms with van der Waals surface area (Å²) in [6, 6.07) is 17.7. The number of halogens is 3. The van der Waals surface area contributed by atoms with Crippen LogP contribution in [0.4, 0.5) is 13.2 Å². The van der Waals surface area contributed by atoms with Crippen LogP contribution in [0.1, 0.15) is 57.8 Å². The molecule has 200 valence electrons. The van der Waals surface area contributed by atoms with Gasteiger partial charge in [0.2, 0.25) is 0 Å². The lowest BCUT2D eigenvalue weighted by molar-refractivity contribution is -0.137. The highest BCUT2D eigenvalue weighted by atomic mass is 19.4. The minimum absolute atomic E-state index is 0.00873. The molecule has 0 saturated carbocycles. The third-order valence-electron chi connectivity index (χ3n) is 6.82. The minimum Gasteiger partial charge on any atom is -0.337 e. The number of rotatable bonds is 5. The van der Waals surface area contributed by atoms with Crippen molar-refractivity contribution in [3.63, 3.8) is 0 Å². The van der Waals surface area contributed by atoms with Gasteiger partial charge in [0.1, 0.15) is 5.69 Å². The Morgan fingerprint density at radius 3 is 2.44 bits per heavy atom. The van der Waals surface area contributed by atoms with E-state index >= 15 is 0 Å². The predicted molar refractivity (Wildman–Crippen MR) is 140 cm³/mol. The molecule has 2 aromatic heterocycles. The average Bonchev–Trinajstić information content (AvgIpc) is 3.27. The van der Waals surface area contributed by atoms with Crippen LogP contribution in [0.15, 0.2) is 72.9 Å². The SMILES string of the molecule is CN(Cc1cccc(C(F)(F)F)c1)C(=O)c1ccc(-n2nc(-c3ccccc3)c3c2CC(C)(C)CC3=O)nc1. The van der Waals surface area contributed by atoms with Crippen LogP contribution < -0.4 is 0 Å². The second kappa shape index (κ2) is 9.80. The molecule has 2 aromatic carbocycles. The average molecular weight is 533 g/mol. The zero-order valence-corrected chi connectivity index (χ0v) is 21.8. The van der Waals surface area contributed by atoms with E-state index in [1.165, 1.54) is 24.2 Å². The van der Waals surface area contributed by atoms with E-state index in [-0.39, 0.29) is 29.2 Å². The number of hydrogen-bond donors (Lipinski definition) is 0. The van der Waals surface area contributed by atoms with Gasteiger partial charge in [0.25, 0.3) is 5.91 Å². The van der Waals surface area contributed by atoms with Gasteiger partial charge in [0, 0.05) is 31.8 Å². The maximum atomic E-state index is 13.2. The molecule has 0 unspecified atom stereocenters. The molecule has 0 saturated heterocycles. The number of pyridine rings is 1. The Hall–Kier alpha value is -4.27. The van der Waals surface area contributed by atoms with Crippen LogP contribution in [0.2, 0.25) is 0 Å². The molecule has 9 heteroatoms. The van der Waals surface area contributed by atoms with Crippen molar-refractivity contribution in [1.82, 2.24) is 19.7 Å². The number of amides is 1. The molecule has 6 nitrogen and oxygen atoms in total. The summed E-state index contributed by atoms with van der Waals surface area (Å²) in [4.78, 5) is 32.1. The maximum Gasteiger partial charge on any atom is 0.416 e. The molecule has 1 aliphatic rings. The van der Waals surface area contributed by atoms with Gasteiger partial charge in [-0.2, -0.15) is 18.3 Å². The van der Waals surface area contributed by atoms with Crippen LogP contribution in [0.5, 0.6) is 0 Å². The monoisotopic (exact) mass is 532 g/mol. The minimum atomic E-state index is -4.45. The maximum absolute atomic E-state index is 13.2. The summed E-state index contributed by atoms with van der Waals surface area (Å²) in [5, 5.41) is 4.79. The summed E-state index contributed by atoms with van der Waals surface area (Å²) in [5.41, 5.74) is 2.48. The Labute approximate surface area is 224 Å². The number of nitrogens with zero attached hydrogens (tertiary/aromatic N) is 4. The van der Waals surface area contributed by atoms with E-state index in [1.807, 2.05) is 44.2 Å². The molecule has 5 rings (SSSR count). The normalized spacial score (nSPS) is 14.7. The molecule has 0 bridgehead atoms. The van der Waals surface area contributed by atoms with Crippen molar-refractivity contribution in [3.05, 3.63) is 101 Å². The molecule has 1 aliphatic carbocycles. The van der Waals surface area contributed by atoms with Crippen LogP contribution in [0, 0.1) is 5.41 Å². The number of carbonyl (C=O) groups excluding carboxylic acids is 2. The molecular weight excluding hydrogens is 505 g/mol. The van der Waals surface area contributed by atoms with E-state index in [1.54, 1.807) is 22.9 Å². The lowest BCUT2D eigenvalue weighted by atomic mass is 9.75. The molecular formula is C30H27F3N4O2. The number of ketones is 1. The van der Waals surface area contributed by atoms with Gasteiger partial charge in [0.05, 0.1) is 22.4 Å². The number of alkyl halides is 3. The van der Waals surface area contributed by atoms with Crippen molar-refractivity contribution in [1.29, 1.82) is 0 Å². The Morgan fingerprint density at radius 2 is 1.77 bits per heavy atom. The zero-order valence-electron chi connectivity index (χ0n) is 21.8. The topological polar surface area (TPSA) is 68.1 Å². The van der Waals surface area contributed by atoms with Crippen LogP contribution in [-0.4, -0.2) is 38.4 Å². The van der Waals surface area contributed by atoms with Crippen LogP contribution in [0.3, 0.4) is 0 Å². The number of fused-ring (bicyclic) bond motifs is 1. The van der Waals surface area contributed by atoms with Gasteiger partial charge in [-0.15, -0.1) is 0 Å². The first-order valence-electron chi connectivity index (χ1n) is 12.5. The molecule has 0 fully saturated rings. The van der Waals surface area contributed by atoms with Gasteiger partial charge in [-0.1, -0.05) is 56.3 Å². The van der Waals surface area contributed by atoms with Crippen molar-refractivity contribution >= 4 is 11.7 Å². The largest absolute Gasteiger partial charge is 0.416 e. The second-order valence-electron chi connectivity index (χ2n) is 10.7. The van der Waals surface area contributed by atoms with Gasteiger partial charge in [-0.05, 0) is 41.7 Å². The summed E-state index contributed by atoms with van der Waals surface area (Å²) in [6.07, 6.45) is -1.98. The Balaban J connectivity index is 1.43. The first kappa shape index (κ1) is 26.3. The van der Waals surface area contributed by atoms with Gasteiger partial charge < -0.3 is 4.90 Å². The number of carbonyl (C=O) groups is 2. The van der Waals surface area contributed by atoms with Crippen LogP contribution in [0.25, 0.3) is 17.1 Å². The van der Waals surface area contributed by atoms with E-state index in [0.29, 0.717) is 35.5 Å². The predicted octanol–water partition coefficient (Wildman–Crippen LogP) is 6.38. The summed E-state index contributed by atoms with van der Waals surface area (Å²) < 4.78 is 40.9. The Kier molecular flexibility index (Phi) is 6.62. The van der Waals surface area contributed by atoms with Crippen molar-refractivity contribution in [2.75, 3.05) is 7.05 Å². The zero-order chi connectivity index (χ0) is 27.9. The summed E-state index contributed by atoms with van der Waals surface area (Å²) in [7, 11) is 1.53. The fourth-order valence-electron chi connectivity index (χ4n) is 4.99. The number of Topliss-reactive ketones (excluding diaryl/α,β-unsaturated/α-hetero) is 1. The standard InChI is InChI=1S/C30H27F3N4O2/c1-29(2)15-23-26(24(38)16-29)27(20-9-5-4-6-10-20)35-37(23)25-13-12-21(17-34-25)28(39)36(3)18-19-8-7-11-22(14-19)30(31,32)33/h4-14,17H,15-16,18H2,1-3H3. The molecule has 2 heterocycles. The highest BCUT2D eigenvalue weighted by Gasteiger charge is 2.37. The highest BCUT2D eigenvalue weighted by Crippen LogP contribution is 2.39. The fourth-order valence-corrected chi connectivity index (χ4v) is 4.99. The number of benzene rings is 2. The quantitative estimate of drug-likeness (QED) is 0.299. The Bertz CT molecular complexity index is 1540. The van der Waals surface area contributed by atoms with Crippen molar-refractivity contribution < 1.29 is 22.8 Å². The lowest BCUT2D eigenvalue weighted by Gasteiger charge is -2.29. The van der Waals surface area contributed by atoms with E-state index < -0.39 is 11.7 Å². The van der Waals surface area contributed by atoms with Crippen molar-refractivity contribution in [2.24, 2.45) is 5.41 Å². The summed E-state index contributed by atoms with van der Waals surface area (Å²) in [6.45, 7) is 4.10. The van der Waals surface area contributed by atoms with Gasteiger partial charge >= 0.3 is 6.18 Å². The number of hydrogen-bond acceptors (Lipinski definition) is 4. The molecule has 0 spiro atoms. The smallest absolute Gasteiger partial charge is 0.337 e. The van der Waals surface area contributed by atoms with E-state index in [0.717, 1.165) is 23.4 Å². The van der Waals surface area contributed by atoms with E-state index in [2.05, 4.69) is 4.98 Å². The molecule has 39 heavy (non-hydrogen) atoms. The molecule has 0 aliphatic heterocycles. The summed E-state index contributed by atoms with van der Waals surface area (Å²) in [5.74, 6) is 0.126. The summed E-state index contributed by atoms with van der Waals surface area (Å²) >= 11 is 0. The fraction of sp³-hybridized carbons (Fsp3) is 0.267. The third kappa shape index (κ3) is 5.34. The molecule has 1 amide bonds. The first-order chi connectivity index (χ1) is 18.4. The van der Waals surface area contributed by atoms with E-state index in [4.69, 9.17) is 5.10 Å². The second-order valence-corrected chi connectivity index (χ2v) is 10.7. The third-order valence-corrected chi connectivity index (χ3v) is 6.82. The lowest BCUT2D eigenvalue weighted by Crippen LogP contribution is -2.28. The molecule has 0 N–H and O–H groups in total. The van der Waals surface area contributed by atoms with Gasteiger partial charge in [0.15, 0.2) is 11.6 Å². The molecule has 0 atom stereocenters. The highest BCUT2D eigenvalue weighted by molar-refractivity contribution is 6.04. The van der Waals surface area contributed by atoms with Crippen LogP contribution >= 0.6 is 0 Å². The van der Waals surface area contributed by atoms with Gasteiger partial charge in [-0.25, -0.2) is 9.67 Å². The van der Waals surface area contributed by atoms with Crippen LogP contribution in [-0.2, 0) is 19.1 Å². The van der Waals surface area contributed by atoms with E-state index in [9.17, 15) is 22.8 Å². The molecule has 4 aromatic rings.